The van der Waals surface area contributed by atoms with E-state index in [-0.39, 0.29) is 28.9 Å². The molecule has 0 fully saturated rings. The van der Waals surface area contributed by atoms with Crippen LogP contribution in [0.5, 0.6) is 5.75 Å². The topological polar surface area (TPSA) is 96.0 Å². The van der Waals surface area contributed by atoms with E-state index in [0.717, 1.165) is 23.4 Å². The highest BCUT2D eigenvalue weighted by Gasteiger charge is 2.33. The molecule has 0 aliphatic rings. The van der Waals surface area contributed by atoms with Crippen molar-refractivity contribution >= 4 is 62.3 Å². The Morgan fingerprint density at radius 1 is 1.05 bits per heavy atom. The summed E-state index contributed by atoms with van der Waals surface area (Å²) in [5, 5.41) is 3.88. The summed E-state index contributed by atoms with van der Waals surface area (Å²) in [6.45, 7) is 3.64. The molecule has 0 bridgehead atoms. The van der Waals surface area contributed by atoms with Crippen molar-refractivity contribution in [3.8, 4) is 5.75 Å². The molecule has 12 heteroatoms. The van der Waals surface area contributed by atoms with Crippen molar-refractivity contribution < 1.29 is 22.7 Å². The molecular weight excluding hydrogens is 561 g/mol. The Morgan fingerprint density at radius 2 is 1.70 bits per heavy atom. The number of amides is 2. The number of anilines is 1. The summed E-state index contributed by atoms with van der Waals surface area (Å²) in [6.07, 6.45) is 2.96. The third-order valence-electron chi connectivity index (χ3n) is 5.66. The number of sulfonamides is 1. The Balaban J connectivity index is 2.51. The molecule has 1 unspecified atom stereocenters. The van der Waals surface area contributed by atoms with Gasteiger partial charge in [-0.25, -0.2) is 8.42 Å². The van der Waals surface area contributed by atoms with Crippen LogP contribution in [0.1, 0.15) is 38.7 Å². The number of carbonyl (C=O) groups excluding carboxylic acids is 2. The normalized spacial score (nSPS) is 12.1. The lowest BCUT2D eigenvalue weighted by molar-refractivity contribution is -0.140. The first-order valence-electron chi connectivity index (χ1n) is 11.7. The van der Waals surface area contributed by atoms with Crippen LogP contribution in [0.4, 0.5) is 5.69 Å². The summed E-state index contributed by atoms with van der Waals surface area (Å²) in [4.78, 5) is 28.2. The van der Waals surface area contributed by atoms with Gasteiger partial charge in [-0.3, -0.25) is 13.9 Å². The van der Waals surface area contributed by atoms with E-state index in [1.54, 1.807) is 31.2 Å². The molecule has 0 aliphatic carbocycles. The van der Waals surface area contributed by atoms with Gasteiger partial charge < -0.3 is 15.0 Å². The molecule has 8 nitrogen and oxygen atoms in total. The molecule has 2 aromatic carbocycles. The Hall–Kier alpha value is -2.20. The number of hydrogen-bond acceptors (Lipinski definition) is 5. The molecule has 2 rings (SSSR count). The van der Waals surface area contributed by atoms with Crippen LogP contribution in [0.25, 0.3) is 0 Å². The number of rotatable bonds is 13. The van der Waals surface area contributed by atoms with Crippen LogP contribution in [-0.2, 0) is 26.2 Å². The highest BCUT2D eigenvalue weighted by atomic mass is 35.5. The van der Waals surface area contributed by atoms with E-state index in [1.807, 2.05) is 6.92 Å². The van der Waals surface area contributed by atoms with Crippen molar-refractivity contribution in [3.63, 3.8) is 0 Å². The fraction of sp³-hybridized carbons (Fsp3) is 0.440. The molecule has 1 atom stereocenters. The van der Waals surface area contributed by atoms with Crippen LogP contribution in [0.15, 0.2) is 36.4 Å². The number of ether oxygens (including phenoxy) is 1. The van der Waals surface area contributed by atoms with E-state index in [0.29, 0.717) is 28.6 Å². The molecule has 0 spiro atoms. The molecule has 0 heterocycles. The molecule has 2 amide bonds. The zero-order chi connectivity index (χ0) is 27.8. The molecule has 0 saturated carbocycles. The van der Waals surface area contributed by atoms with Gasteiger partial charge in [0, 0.05) is 28.2 Å². The summed E-state index contributed by atoms with van der Waals surface area (Å²) >= 11 is 18.5. The summed E-state index contributed by atoms with van der Waals surface area (Å²) < 4.78 is 31.9. The lowest BCUT2D eigenvalue weighted by Crippen LogP contribution is -2.52. The maximum Gasteiger partial charge on any atom is 0.244 e. The summed E-state index contributed by atoms with van der Waals surface area (Å²) in [7, 11) is -2.56. The van der Waals surface area contributed by atoms with Crippen molar-refractivity contribution in [2.75, 3.05) is 30.8 Å². The van der Waals surface area contributed by atoms with Gasteiger partial charge in [-0.2, -0.15) is 0 Å². The number of halogens is 3. The van der Waals surface area contributed by atoms with Gasteiger partial charge in [0.25, 0.3) is 0 Å². The van der Waals surface area contributed by atoms with Gasteiger partial charge in [0.1, 0.15) is 18.3 Å². The Labute approximate surface area is 233 Å². The van der Waals surface area contributed by atoms with Crippen molar-refractivity contribution in [3.05, 3.63) is 57.0 Å². The van der Waals surface area contributed by atoms with Gasteiger partial charge in [-0.05, 0) is 48.7 Å². The van der Waals surface area contributed by atoms with E-state index in [4.69, 9.17) is 39.5 Å². The fourth-order valence-electron chi connectivity index (χ4n) is 3.71. The van der Waals surface area contributed by atoms with E-state index in [1.165, 1.54) is 24.1 Å². The standard InChI is InChI=1S/C25H32Cl3N3O5S/c1-5-7-12-29-25(33)21(6-2)30(15-17-8-9-18(26)13-20(17)28)24(32)16-31(37(4,34)35)22-14-19(27)10-11-23(22)36-3/h8-11,13-14,21H,5-7,12,15-16H2,1-4H3,(H,29,33). The molecule has 1 N–H and O–H groups in total. The number of benzene rings is 2. The number of carbonyl (C=O) groups is 2. The number of nitrogens with one attached hydrogen (secondary N) is 1. The van der Waals surface area contributed by atoms with E-state index >= 15 is 0 Å². The SMILES string of the molecule is CCCCNC(=O)C(CC)N(Cc1ccc(Cl)cc1Cl)C(=O)CN(c1cc(Cl)ccc1OC)S(C)(=O)=O. The third-order valence-corrected chi connectivity index (χ3v) is 7.61. The molecule has 0 aliphatic heterocycles. The predicted octanol–water partition coefficient (Wildman–Crippen LogP) is 5.15. The average Bonchev–Trinajstić information content (AvgIpc) is 2.83. The maximum atomic E-state index is 13.8. The van der Waals surface area contributed by atoms with Crippen LogP contribution < -0.4 is 14.4 Å². The smallest absolute Gasteiger partial charge is 0.244 e. The molecule has 37 heavy (non-hydrogen) atoms. The number of hydrogen-bond donors (Lipinski definition) is 1. The second-order valence-corrected chi connectivity index (χ2v) is 11.6. The molecule has 2 aromatic rings. The van der Waals surface area contributed by atoms with Gasteiger partial charge in [0.05, 0.1) is 19.1 Å². The zero-order valence-corrected chi connectivity index (χ0v) is 24.3. The van der Waals surface area contributed by atoms with Crippen LogP contribution in [0, 0.1) is 0 Å². The van der Waals surface area contributed by atoms with Gasteiger partial charge in [0.15, 0.2) is 0 Å². The summed E-state index contributed by atoms with van der Waals surface area (Å²) in [5.41, 5.74) is 0.668. The Kier molecular flexibility index (Phi) is 11.8. The fourth-order valence-corrected chi connectivity index (χ4v) is 5.19. The Morgan fingerprint density at radius 3 is 2.27 bits per heavy atom. The van der Waals surface area contributed by atoms with Crippen LogP contribution >= 0.6 is 34.8 Å². The lowest BCUT2D eigenvalue weighted by atomic mass is 10.1. The number of unbranched alkanes of at least 4 members (excludes halogenated alkanes) is 1. The minimum atomic E-state index is -3.95. The second kappa shape index (κ2) is 14.1. The van der Waals surface area contributed by atoms with E-state index in [9.17, 15) is 18.0 Å². The Bertz CT molecular complexity index is 1210. The van der Waals surface area contributed by atoms with Crippen LogP contribution in [0.2, 0.25) is 15.1 Å². The average molecular weight is 593 g/mol. The van der Waals surface area contributed by atoms with Crippen LogP contribution in [-0.4, -0.2) is 57.6 Å². The van der Waals surface area contributed by atoms with Gasteiger partial charge >= 0.3 is 0 Å². The summed E-state index contributed by atoms with van der Waals surface area (Å²) in [6, 6.07) is 8.45. The molecule has 204 valence electrons. The van der Waals surface area contributed by atoms with E-state index in [2.05, 4.69) is 5.32 Å². The van der Waals surface area contributed by atoms with Crippen molar-refractivity contribution in [2.45, 2.75) is 45.7 Å². The van der Waals surface area contributed by atoms with Crippen molar-refractivity contribution in [2.24, 2.45) is 0 Å². The zero-order valence-electron chi connectivity index (χ0n) is 21.3. The minimum Gasteiger partial charge on any atom is -0.495 e. The minimum absolute atomic E-state index is 0.0289. The highest BCUT2D eigenvalue weighted by molar-refractivity contribution is 7.92. The molecule has 0 saturated heterocycles. The first kappa shape index (κ1) is 31.0. The number of methoxy groups -OCH3 is 1. The molecular formula is C25H32Cl3N3O5S. The lowest BCUT2D eigenvalue weighted by Gasteiger charge is -2.33. The predicted molar refractivity (Wildman–Crippen MR) is 149 cm³/mol. The van der Waals surface area contributed by atoms with Gasteiger partial charge in [-0.1, -0.05) is 61.1 Å². The molecule has 0 aromatic heterocycles. The maximum absolute atomic E-state index is 13.8. The van der Waals surface area contributed by atoms with Crippen molar-refractivity contribution in [1.29, 1.82) is 0 Å². The first-order chi connectivity index (χ1) is 17.4. The quantitative estimate of drug-likeness (QED) is 0.325. The first-order valence-corrected chi connectivity index (χ1v) is 14.7. The van der Waals surface area contributed by atoms with Crippen LogP contribution in [0.3, 0.4) is 0 Å². The van der Waals surface area contributed by atoms with Gasteiger partial charge in [0.2, 0.25) is 21.8 Å². The van der Waals surface area contributed by atoms with Crippen molar-refractivity contribution in [1.82, 2.24) is 10.2 Å². The molecule has 0 radical (unpaired) electrons. The van der Waals surface area contributed by atoms with E-state index < -0.39 is 28.5 Å². The summed E-state index contributed by atoms with van der Waals surface area (Å²) in [5.74, 6) is -0.712. The highest BCUT2D eigenvalue weighted by Crippen LogP contribution is 2.33. The number of nitrogens with zero attached hydrogens (tertiary/aromatic N) is 2. The van der Waals surface area contributed by atoms with Gasteiger partial charge in [-0.15, -0.1) is 0 Å². The largest absolute Gasteiger partial charge is 0.495 e. The monoisotopic (exact) mass is 591 g/mol. The second-order valence-electron chi connectivity index (χ2n) is 8.41. The third kappa shape index (κ3) is 8.67.